The van der Waals surface area contributed by atoms with Crippen molar-refractivity contribution in [3.05, 3.63) is 63.6 Å². The summed E-state index contributed by atoms with van der Waals surface area (Å²) in [5, 5.41) is 2.08. The Balaban J connectivity index is 1.45. The molecular formula is C22H23NO3S2. The van der Waals surface area contributed by atoms with Crippen molar-refractivity contribution in [1.82, 2.24) is 4.57 Å². The van der Waals surface area contributed by atoms with Crippen LogP contribution in [0.5, 0.6) is 11.5 Å². The number of thiophene rings is 1. The van der Waals surface area contributed by atoms with Gasteiger partial charge in [0.05, 0.1) is 25.5 Å². The van der Waals surface area contributed by atoms with E-state index in [0.29, 0.717) is 19.0 Å². The normalized spacial score (nSPS) is 13.4. The first-order valence-corrected chi connectivity index (χ1v) is 11.2. The maximum Gasteiger partial charge on any atom is 0.174 e. The highest BCUT2D eigenvalue weighted by Gasteiger charge is 2.17. The molecule has 1 aliphatic heterocycles. The van der Waals surface area contributed by atoms with E-state index >= 15 is 0 Å². The highest BCUT2D eigenvalue weighted by molar-refractivity contribution is 8.00. The van der Waals surface area contributed by atoms with Crippen LogP contribution in [0.15, 0.2) is 46.7 Å². The molecule has 0 amide bonds. The molecule has 0 N–H and O–H groups in total. The van der Waals surface area contributed by atoms with Crippen molar-refractivity contribution in [3.63, 3.8) is 0 Å². The largest absolute Gasteiger partial charge is 0.490 e. The van der Waals surface area contributed by atoms with Crippen LogP contribution in [0.4, 0.5) is 0 Å². The zero-order chi connectivity index (χ0) is 19.5. The fourth-order valence-corrected chi connectivity index (χ4v) is 4.85. The number of benzene rings is 1. The number of ketones is 1. The van der Waals surface area contributed by atoms with Crippen molar-refractivity contribution in [3.8, 4) is 11.5 Å². The molecule has 1 aromatic carbocycles. The van der Waals surface area contributed by atoms with Crippen molar-refractivity contribution < 1.29 is 14.3 Å². The molecule has 0 atom stereocenters. The third-order valence-electron chi connectivity index (χ3n) is 4.86. The summed E-state index contributed by atoms with van der Waals surface area (Å²) in [5.41, 5.74) is 2.97. The third-order valence-corrected chi connectivity index (χ3v) is 6.71. The topological polar surface area (TPSA) is 40.5 Å². The average molecular weight is 414 g/mol. The summed E-state index contributed by atoms with van der Waals surface area (Å²) in [5.74, 6) is 2.11. The number of Topliss-reactive ketones (excluding diaryl/α,β-unsaturated/α-hetero) is 1. The van der Waals surface area contributed by atoms with Crippen LogP contribution in [-0.4, -0.2) is 29.3 Å². The summed E-state index contributed by atoms with van der Waals surface area (Å²) in [6.07, 6.45) is 0.886. The second-order valence-corrected chi connectivity index (χ2v) is 8.90. The van der Waals surface area contributed by atoms with Crippen LogP contribution in [0, 0.1) is 13.8 Å². The Morgan fingerprint density at radius 2 is 1.96 bits per heavy atom. The Kier molecular flexibility index (Phi) is 5.78. The molecule has 0 spiro atoms. The maximum atomic E-state index is 12.9. The summed E-state index contributed by atoms with van der Waals surface area (Å²) < 4.78 is 13.6. The number of aromatic nitrogens is 1. The minimum absolute atomic E-state index is 0.155. The number of hydrogen-bond acceptors (Lipinski definition) is 5. The fraction of sp³-hybridized carbons (Fsp3) is 0.318. The molecule has 0 bridgehead atoms. The molecule has 0 fully saturated rings. The van der Waals surface area contributed by atoms with Gasteiger partial charge in [0.15, 0.2) is 17.3 Å². The number of hydrogen-bond donors (Lipinski definition) is 0. The molecule has 0 aliphatic carbocycles. The molecule has 6 heteroatoms. The Morgan fingerprint density at radius 1 is 1.14 bits per heavy atom. The van der Waals surface area contributed by atoms with Gasteiger partial charge in [0, 0.05) is 33.1 Å². The van der Waals surface area contributed by atoms with Crippen molar-refractivity contribution in [2.75, 3.05) is 19.0 Å². The van der Waals surface area contributed by atoms with Crippen molar-refractivity contribution >= 4 is 28.9 Å². The van der Waals surface area contributed by atoms with Gasteiger partial charge >= 0.3 is 0 Å². The van der Waals surface area contributed by atoms with Gasteiger partial charge in [-0.2, -0.15) is 0 Å². The number of rotatable bonds is 6. The Hall–Kier alpha value is -2.18. The van der Waals surface area contributed by atoms with E-state index in [-0.39, 0.29) is 5.78 Å². The number of ether oxygens (including phenoxy) is 2. The number of fused-ring (bicyclic) bond motifs is 1. The quantitative estimate of drug-likeness (QED) is 0.403. The van der Waals surface area contributed by atoms with Crippen molar-refractivity contribution in [1.29, 1.82) is 0 Å². The Bertz CT molecular complexity index is 976. The monoisotopic (exact) mass is 413 g/mol. The molecule has 4 rings (SSSR count). The van der Waals surface area contributed by atoms with E-state index in [0.717, 1.165) is 46.3 Å². The Morgan fingerprint density at radius 3 is 2.75 bits per heavy atom. The van der Waals surface area contributed by atoms with Gasteiger partial charge < -0.3 is 14.0 Å². The van der Waals surface area contributed by atoms with Gasteiger partial charge in [-0.15, -0.1) is 23.1 Å². The first-order valence-electron chi connectivity index (χ1n) is 9.36. The first-order chi connectivity index (χ1) is 13.6. The molecule has 0 unspecified atom stereocenters. The summed E-state index contributed by atoms with van der Waals surface area (Å²) in [7, 11) is 0. The van der Waals surface area contributed by atoms with Gasteiger partial charge in [0.1, 0.15) is 0 Å². The van der Waals surface area contributed by atoms with Gasteiger partial charge in [-0.25, -0.2) is 0 Å². The lowest BCUT2D eigenvalue weighted by Gasteiger charge is -2.09. The second kappa shape index (κ2) is 8.45. The van der Waals surface area contributed by atoms with E-state index in [1.165, 1.54) is 16.6 Å². The molecule has 0 saturated carbocycles. The zero-order valence-corrected chi connectivity index (χ0v) is 17.7. The zero-order valence-electron chi connectivity index (χ0n) is 16.1. The lowest BCUT2D eigenvalue weighted by molar-refractivity contribution is 0.102. The molecule has 28 heavy (non-hydrogen) atoms. The van der Waals surface area contributed by atoms with E-state index in [2.05, 4.69) is 29.0 Å². The molecule has 4 nitrogen and oxygen atoms in total. The van der Waals surface area contributed by atoms with Crippen LogP contribution >= 0.6 is 23.1 Å². The average Bonchev–Trinajstić information content (AvgIpc) is 3.22. The predicted octanol–water partition coefficient (Wildman–Crippen LogP) is 5.35. The number of carbonyl (C=O) groups excluding carboxylic acids is 1. The summed E-state index contributed by atoms with van der Waals surface area (Å²) >= 11 is 3.28. The lowest BCUT2D eigenvalue weighted by Crippen LogP contribution is -2.07. The van der Waals surface area contributed by atoms with Gasteiger partial charge in [0.2, 0.25) is 0 Å². The smallest absolute Gasteiger partial charge is 0.174 e. The van der Waals surface area contributed by atoms with Crippen LogP contribution in [0.1, 0.15) is 33.0 Å². The number of nitrogens with zero attached hydrogens (tertiary/aromatic N) is 1. The number of thioether (sulfide) groups is 1. The van der Waals surface area contributed by atoms with Crippen molar-refractivity contribution in [2.24, 2.45) is 0 Å². The molecule has 0 saturated heterocycles. The lowest BCUT2D eigenvalue weighted by atomic mass is 10.2. The second-order valence-electron chi connectivity index (χ2n) is 6.82. The van der Waals surface area contributed by atoms with E-state index in [9.17, 15) is 4.79 Å². The van der Waals surface area contributed by atoms with Crippen LogP contribution < -0.4 is 9.47 Å². The van der Waals surface area contributed by atoms with Gasteiger partial charge in [-0.05, 0) is 49.6 Å². The van der Waals surface area contributed by atoms with Crippen LogP contribution in [0.25, 0.3) is 0 Å². The van der Waals surface area contributed by atoms with Crippen LogP contribution in [0.2, 0.25) is 0 Å². The predicted molar refractivity (Wildman–Crippen MR) is 114 cm³/mol. The highest BCUT2D eigenvalue weighted by atomic mass is 32.2. The van der Waals surface area contributed by atoms with Gasteiger partial charge in [0.25, 0.3) is 0 Å². The molecular weight excluding hydrogens is 390 g/mol. The molecule has 146 valence electrons. The Labute approximate surface area is 173 Å². The third kappa shape index (κ3) is 4.13. The summed E-state index contributed by atoms with van der Waals surface area (Å²) in [6.45, 7) is 6.26. The SMILES string of the molecule is Cc1cc(C(=O)CSc2ccc3c(c2)OCCCO3)c(C)n1Cc1cccs1. The van der Waals surface area contributed by atoms with Crippen LogP contribution in [0.3, 0.4) is 0 Å². The molecule has 2 aromatic heterocycles. The summed E-state index contributed by atoms with van der Waals surface area (Å²) in [6, 6.07) is 12.1. The van der Waals surface area contributed by atoms with Gasteiger partial charge in [-0.3, -0.25) is 4.79 Å². The first kappa shape index (κ1) is 19.2. The molecule has 0 radical (unpaired) electrons. The number of aryl methyl sites for hydroxylation is 1. The maximum absolute atomic E-state index is 12.9. The van der Waals surface area contributed by atoms with E-state index in [1.54, 1.807) is 11.3 Å². The highest BCUT2D eigenvalue weighted by Crippen LogP contribution is 2.34. The molecule has 3 aromatic rings. The van der Waals surface area contributed by atoms with E-state index in [1.807, 2.05) is 31.2 Å². The van der Waals surface area contributed by atoms with Gasteiger partial charge in [-0.1, -0.05) is 6.07 Å². The molecule has 1 aliphatic rings. The fourth-order valence-electron chi connectivity index (χ4n) is 3.35. The minimum atomic E-state index is 0.155. The van der Waals surface area contributed by atoms with E-state index < -0.39 is 0 Å². The standard InChI is InChI=1S/C22H23NO3S2/c1-15-11-19(16(2)23(15)13-18-5-3-10-27-18)20(24)14-28-17-6-7-21-22(12-17)26-9-4-8-25-21/h3,5-7,10-12H,4,8-9,13-14H2,1-2H3. The van der Waals surface area contributed by atoms with Crippen molar-refractivity contribution in [2.45, 2.75) is 31.7 Å². The van der Waals surface area contributed by atoms with E-state index in [4.69, 9.17) is 9.47 Å². The summed E-state index contributed by atoms with van der Waals surface area (Å²) in [4.78, 5) is 15.2. The number of carbonyl (C=O) groups is 1. The minimum Gasteiger partial charge on any atom is -0.490 e. The van der Waals surface area contributed by atoms with Crippen LogP contribution in [-0.2, 0) is 6.54 Å². The molecule has 3 heterocycles.